The number of hydrogen-bond donors (Lipinski definition) is 0. The van der Waals surface area contributed by atoms with Gasteiger partial charge >= 0.3 is 0 Å². The van der Waals surface area contributed by atoms with Crippen LogP contribution in [0.25, 0.3) is 0 Å². The Labute approximate surface area is 144 Å². The first kappa shape index (κ1) is 14.9. The summed E-state index contributed by atoms with van der Waals surface area (Å²) in [6.07, 6.45) is 5.14. The summed E-state index contributed by atoms with van der Waals surface area (Å²) in [7, 11) is 1.83. The van der Waals surface area contributed by atoms with E-state index in [1.54, 1.807) is 4.90 Å². The first-order valence-electron chi connectivity index (χ1n) is 8.07. The van der Waals surface area contributed by atoms with Crippen LogP contribution in [0.3, 0.4) is 0 Å². The molecule has 1 amide bonds. The summed E-state index contributed by atoms with van der Waals surface area (Å²) in [4.78, 5) is 18.6. The van der Waals surface area contributed by atoms with Crippen LogP contribution in [0.15, 0.2) is 39.4 Å². The van der Waals surface area contributed by atoms with E-state index in [1.807, 2.05) is 25.4 Å². The van der Waals surface area contributed by atoms with Crippen molar-refractivity contribution >= 4 is 21.8 Å². The zero-order valence-electron chi connectivity index (χ0n) is 13.0. The fraction of sp³-hybridized carbons (Fsp3) is 0.444. The Hall–Kier alpha value is -1.62. The van der Waals surface area contributed by atoms with E-state index in [-0.39, 0.29) is 11.8 Å². The lowest BCUT2D eigenvalue weighted by Crippen LogP contribution is -2.28. The molecule has 0 N–H and O–H groups in total. The first-order valence-corrected chi connectivity index (χ1v) is 8.86. The summed E-state index contributed by atoms with van der Waals surface area (Å²) in [6.45, 7) is 0.453. The highest BCUT2D eigenvalue weighted by molar-refractivity contribution is 9.10. The van der Waals surface area contributed by atoms with Crippen LogP contribution in [0.5, 0.6) is 0 Å². The molecule has 23 heavy (non-hydrogen) atoms. The van der Waals surface area contributed by atoms with Gasteiger partial charge in [-0.2, -0.15) is 0 Å². The van der Waals surface area contributed by atoms with Crippen molar-refractivity contribution in [2.45, 2.75) is 37.6 Å². The Morgan fingerprint density at radius 1 is 1.35 bits per heavy atom. The van der Waals surface area contributed by atoms with Gasteiger partial charge in [0, 0.05) is 23.4 Å². The molecule has 120 valence electrons. The SMILES string of the molecule is CN(Cc1ncc(C2CC2)o1)C(=O)[C@H]1C[C@H]1c1ccc(Br)cc1. The molecule has 1 aromatic carbocycles. The number of nitrogens with zero attached hydrogens (tertiary/aromatic N) is 2. The quantitative estimate of drug-likeness (QED) is 0.791. The van der Waals surface area contributed by atoms with Crippen LogP contribution in [0.2, 0.25) is 0 Å². The van der Waals surface area contributed by atoms with Gasteiger partial charge in [0.15, 0.2) is 0 Å². The molecule has 2 aromatic rings. The standard InChI is InChI=1S/C18H19BrN2O2/c1-21(10-17-20-9-16(23-17)12-2-3-12)18(22)15-8-14(15)11-4-6-13(19)7-5-11/h4-7,9,12,14-15H,2-3,8,10H2,1H3/t14-,15-/m0/s1. The van der Waals surface area contributed by atoms with Gasteiger partial charge in [-0.25, -0.2) is 4.98 Å². The molecule has 0 radical (unpaired) electrons. The number of amides is 1. The molecule has 0 aliphatic heterocycles. The van der Waals surface area contributed by atoms with E-state index in [0.717, 1.165) is 16.7 Å². The molecule has 2 aliphatic carbocycles. The largest absolute Gasteiger partial charge is 0.443 e. The smallest absolute Gasteiger partial charge is 0.226 e. The number of benzene rings is 1. The van der Waals surface area contributed by atoms with Crippen LogP contribution in [0.1, 0.15) is 48.3 Å². The van der Waals surface area contributed by atoms with E-state index in [2.05, 4.69) is 33.0 Å². The molecule has 0 saturated heterocycles. The molecule has 1 aromatic heterocycles. The third-order valence-corrected chi connectivity index (χ3v) is 5.23. The lowest BCUT2D eigenvalue weighted by molar-refractivity contribution is -0.132. The molecule has 0 unspecified atom stereocenters. The maximum Gasteiger partial charge on any atom is 0.226 e. The number of carbonyl (C=O) groups excluding carboxylic acids is 1. The van der Waals surface area contributed by atoms with Crippen LogP contribution in [0, 0.1) is 5.92 Å². The molecule has 1 heterocycles. The molecule has 2 saturated carbocycles. The van der Waals surface area contributed by atoms with Crippen LogP contribution < -0.4 is 0 Å². The Balaban J connectivity index is 1.36. The Morgan fingerprint density at radius 2 is 2.09 bits per heavy atom. The van der Waals surface area contributed by atoms with E-state index in [4.69, 9.17) is 4.42 Å². The van der Waals surface area contributed by atoms with E-state index < -0.39 is 0 Å². The maximum absolute atomic E-state index is 12.6. The zero-order chi connectivity index (χ0) is 16.0. The minimum Gasteiger partial charge on any atom is -0.443 e. The third-order valence-electron chi connectivity index (χ3n) is 4.71. The molecule has 4 nitrogen and oxygen atoms in total. The monoisotopic (exact) mass is 374 g/mol. The van der Waals surface area contributed by atoms with Crippen LogP contribution in [-0.4, -0.2) is 22.8 Å². The molecule has 2 atom stereocenters. The van der Waals surface area contributed by atoms with Gasteiger partial charge in [0.2, 0.25) is 11.8 Å². The first-order chi connectivity index (χ1) is 11.1. The summed E-state index contributed by atoms with van der Waals surface area (Å²) in [5.74, 6) is 2.80. The van der Waals surface area contributed by atoms with Gasteiger partial charge in [0.1, 0.15) is 5.76 Å². The van der Waals surface area contributed by atoms with Crippen molar-refractivity contribution in [2.24, 2.45) is 5.92 Å². The Morgan fingerprint density at radius 3 is 2.78 bits per heavy atom. The maximum atomic E-state index is 12.6. The van der Waals surface area contributed by atoms with Gasteiger partial charge in [-0.1, -0.05) is 28.1 Å². The van der Waals surface area contributed by atoms with Crippen molar-refractivity contribution in [1.82, 2.24) is 9.88 Å². The minimum absolute atomic E-state index is 0.0963. The minimum atomic E-state index is 0.0963. The molecular weight excluding hydrogens is 356 g/mol. The lowest BCUT2D eigenvalue weighted by Gasteiger charge is -2.15. The second-order valence-electron chi connectivity index (χ2n) is 6.63. The zero-order valence-corrected chi connectivity index (χ0v) is 14.6. The van der Waals surface area contributed by atoms with Crippen LogP contribution in [-0.2, 0) is 11.3 Å². The van der Waals surface area contributed by atoms with E-state index in [1.165, 1.54) is 18.4 Å². The van der Waals surface area contributed by atoms with Gasteiger partial charge in [-0.3, -0.25) is 4.79 Å². The predicted octanol–water partition coefficient (Wildman–Crippen LogP) is 4.08. The summed E-state index contributed by atoms with van der Waals surface area (Å²) < 4.78 is 6.81. The number of rotatable bonds is 5. The molecule has 4 rings (SSSR count). The highest BCUT2D eigenvalue weighted by Crippen LogP contribution is 2.48. The summed E-state index contributed by atoms with van der Waals surface area (Å²) >= 11 is 3.44. The highest BCUT2D eigenvalue weighted by Gasteiger charge is 2.45. The second-order valence-corrected chi connectivity index (χ2v) is 7.54. The van der Waals surface area contributed by atoms with Gasteiger partial charge < -0.3 is 9.32 Å². The number of halogens is 1. The van der Waals surface area contributed by atoms with Gasteiger partial charge in [0.05, 0.1) is 12.7 Å². The normalized spacial score (nSPS) is 22.9. The molecule has 5 heteroatoms. The Bertz CT molecular complexity index is 721. The summed E-state index contributed by atoms with van der Waals surface area (Å²) in [5, 5.41) is 0. The van der Waals surface area contributed by atoms with Crippen molar-refractivity contribution in [3.8, 4) is 0 Å². The van der Waals surface area contributed by atoms with E-state index in [0.29, 0.717) is 24.3 Å². The highest BCUT2D eigenvalue weighted by atomic mass is 79.9. The lowest BCUT2D eigenvalue weighted by atomic mass is 10.1. The fourth-order valence-corrected chi connectivity index (χ4v) is 3.33. The van der Waals surface area contributed by atoms with Crippen molar-refractivity contribution in [1.29, 1.82) is 0 Å². The van der Waals surface area contributed by atoms with Gasteiger partial charge in [-0.05, 0) is 42.9 Å². The topological polar surface area (TPSA) is 46.3 Å². The van der Waals surface area contributed by atoms with E-state index >= 15 is 0 Å². The number of oxazole rings is 1. The van der Waals surface area contributed by atoms with Crippen molar-refractivity contribution in [3.05, 3.63) is 52.1 Å². The average Bonchev–Trinajstić information content (AvgIpc) is 3.46. The van der Waals surface area contributed by atoms with Crippen LogP contribution in [0.4, 0.5) is 0 Å². The van der Waals surface area contributed by atoms with Crippen molar-refractivity contribution in [2.75, 3.05) is 7.05 Å². The Kier molecular flexibility index (Phi) is 3.76. The van der Waals surface area contributed by atoms with Crippen molar-refractivity contribution < 1.29 is 9.21 Å². The van der Waals surface area contributed by atoms with Gasteiger partial charge in [0.25, 0.3) is 0 Å². The number of carbonyl (C=O) groups is 1. The molecule has 2 fully saturated rings. The van der Waals surface area contributed by atoms with Crippen LogP contribution >= 0.6 is 15.9 Å². The fourth-order valence-electron chi connectivity index (χ4n) is 3.06. The molecule has 2 aliphatic rings. The molecule has 0 bridgehead atoms. The number of hydrogen-bond acceptors (Lipinski definition) is 3. The third kappa shape index (κ3) is 3.20. The molecule has 0 spiro atoms. The average molecular weight is 375 g/mol. The van der Waals surface area contributed by atoms with E-state index in [9.17, 15) is 4.79 Å². The predicted molar refractivity (Wildman–Crippen MR) is 89.9 cm³/mol. The summed E-state index contributed by atoms with van der Waals surface area (Å²) in [6, 6.07) is 8.26. The second kappa shape index (κ2) is 5.78. The molecular formula is C18H19BrN2O2. The van der Waals surface area contributed by atoms with Gasteiger partial charge in [-0.15, -0.1) is 0 Å². The van der Waals surface area contributed by atoms with Crippen molar-refractivity contribution in [3.63, 3.8) is 0 Å². The summed E-state index contributed by atoms with van der Waals surface area (Å²) in [5.41, 5.74) is 1.24. The number of aromatic nitrogens is 1.